The van der Waals surface area contributed by atoms with Gasteiger partial charge in [-0.05, 0) is 53.1 Å². The first-order valence-electron chi connectivity index (χ1n) is 12.7. The SMILES string of the molecule is Brc1cc(Br)cc(-c2ccc3c(c2)c2ccccc2n3C2=NC(c3ccccc3)N=C(c3ccccc3)N2)c1. The highest BCUT2D eigenvalue weighted by Crippen LogP contribution is 2.35. The van der Waals surface area contributed by atoms with Gasteiger partial charge in [-0.3, -0.25) is 4.57 Å². The highest BCUT2D eigenvalue weighted by atomic mass is 79.9. The Kier molecular flexibility index (Phi) is 6.14. The fraction of sp³-hybridized carbons (Fsp3) is 0.0303. The smallest absolute Gasteiger partial charge is 0.211 e. The van der Waals surface area contributed by atoms with Crippen LogP contribution in [0.5, 0.6) is 0 Å². The van der Waals surface area contributed by atoms with Gasteiger partial charge < -0.3 is 5.32 Å². The fourth-order valence-electron chi connectivity index (χ4n) is 5.17. The predicted molar refractivity (Wildman–Crippen MR) is 168 cm³/mol. The molecule has 0 bridgehead atoms. The number of amidine groups is 1. The lowest BCUT2D eigenvalue weighted by molar-refractivity contribution is 0.745. The summed E-state index contributed by atoms with van der Waals surface area (Å²) in [6, 6.07) is 42.0. The number of hydrogen-bond acceptors (Lipinski definition) is 3. The molecule has 5 aromatic carbocycles. The average molecular weight is 634 g/mol. The number of nitrogens with one attached hydrogen (secondary N) is 1. The van der Waals surface area contributed by atoms with Gasteiger partial charge in [0.15, 0.2) is 6.17 Å². The van der Waals surface area contributed by atoms with Crippen LogP contribution >= 0.6 is 31.9 Å². The molecule has 0 aliphatic carbocycles. The molecule has 1 unspecified atom stereocenters. The van der Waals surface area contributed by atoms with Crippen molar-refractivity contribution < 1.29 is 0 Å². The lowest BCUT2D eigenvalue weighted by atomic mass is 10.0. The van der Waals surface area contributed by atoms with Gasteiger partial charge in [0.05, 0.1) is 11.0 Å². The van der Waals surface area contributed by atoms with Crippen LogP contribution in [0, 0.1) is 0 Å². The van der Waals surface area contributed by atoms with Gasteiger partial charge in [0.1, 0.15) is 5.84 Å². The maximum absolute atomic E-state index is 5.14. The number of hydrogen-bond donors (Lipinski definition) is 1. The fourth-order valence-corrected chi connectivity index (χ4v) is 6.46. The van der Waals surface area contributed by atoms with Gasteiger partial charge in [-0.2, -0.15) is 0 Å². The minimum Gasteiger partial charge on any atom is -0.310 e. The van der Waals surface area contributed by atoms with Crippen LogP contribution in [0.2, 0.25) is 0 Å². The molecule has 1 N–H and O–H groups in total. The van der Waals surface area contributed by atoms with Crippen LogP contribution in [0.4, 0.5) is 0 Å². The van der Waals surface area contributed by atoms with Crippen molar-refractivity contribution in [3.63, 3.8) is 0 Å². The molecule has 0 amide bonds. The zero-order chi connectivity index (χ0) is 26.3. The molecule has 0 fully saturated rings. The molecule has 1 aliphatic heterocycles. The number of halogens is 2. The number of aliphatic imine (C=N–C) groups is 2. The lowest BCUT2D eigenvalue weighted by Crippen LogP contribution is -2.39. The number of nitrogens with zero attached hydrogens (tertiary/aromatic N) is 3. The summed E-state index contributed by atoms with van der Waals surface area (Å²) in [5.74, 6) is 1.55. The monoisotopic (exact) mass is 632 g/mol. The van der Waals surface area contributed by atoms with Gasteiger partial charge in [-0.1, -0.05) is 117 Å². The van der Waals surface area contributed by atoms with Gasteiger partial charge in [-0.15, -0.1) is 0 Å². The maximum atomic E-state index is 5.14. The second-order valence-electron chi connectivity index (χ2n) is 9.45. The van der Waals surface area contributed by atoms with Crippen LogP contribution in [0.1, 0.15) is 17.3 Å². The van der Waals surface area contributed by atoms with E-state index in [0.29, 0.717) is 0 Å². The van der Waals surface area contributed by atoms with Crippen molar-refractivity contribution in [3.05, 3.63) is 141 Å². The number of benzene rings is 5. The standard InChI is InChI=1S/C33H22Br2N4/c34-25-17-24(18-26(35)20-25)23-15-16-30-28(19-23)27-13-7-8-14-29(27)39(30)33-37-31(21-9-3-1-4-10-21)36-32(38-33)22-11-5-2-6-12-22/h1-20,31H,(H,36,37,38). The third-order valence-electron chi connectivity index (χ3n) is 6.95. The van der Waals surface area contributed by atoms with E-state index in [1.165, 1.54) is 10.8 Å². The lowest BCUT2D eigenvalue weighted by Gasteiger charge is -2.23. The maximum Gasteiger partial charge on any atom is 0.211 e. The highest BCUT2D eigenvalue weighted by Gasteiger charge is 2.23. The number of rotatable bonds is 3. The molecule has 4 nitrogen and oxygen atoms in total. The van der Waals surface area contributed by atoms with Gasteiger partial charge in [0.25, 0.3) is 0 Å². The van der Waals surface area contributed by atoms with Crippen LogP contribution in [-0.2, 0) is 0 Å². The first-order valence-corrected chi connectivity index (χ1v) is 14.3. The summed E-state index contributed by atoms with van der Waals surface area (Å²) in [5.41, 5.74) is 6.54. The Bertz CT molecular complexity index is 1890. The van der Waals surface area contributed by atoms with E-state index in [2.05, 4.69) is 127 Å². The summed E-state index contributed by atoms with van der Waals surface area (Å²) in [7, 11) is 0. The van der Waals surface area contributed by atoms with Crippen LogP contribution in [0.15, 0.2) is 140 Å². The molecule has 188 valence electrons. The molecule has 0 saturated carbocycles. The molecule has 0 saturated heterocycles. The van der Waals surface area contributed by atoms with Crippen LogP contribution in [0.3, 0.4) is 0 Å². The predicted octanol–water partition coefficient (Wildman–Crippen LogP) is 8.94. The highest BCUT2D eigenvalue weighted by molar-refractivity contribution is 9.11. The summed E-state index contributed by atoms with van der Waals surface area (Å²) in [6.07, 6.45) is -0.354. The largest absolute Gasteiger partial charge is 0.310 e. The molecule has 1 aliphatic rings. The molecule has 39 heavy (non-hydrogen) atoms. The normalized spacial score (nSPS) is 15.2. The zero-order valence-corrected chi connectivity index (χ0v) is 23.9. The molecular formula is C33H22Br2N4. The second-order valence-corrected chi connectivity index (χ2v) is 11.3. The van der Waals surface area contributed by atoms with E-state index < -0.39 is 0 Å². The number of aromatic nitrogens is 1. The van der Waals surface area contributed by atoms with Crippen molar-refractivity contribution in [3.8, 4) is 11.1 Å². The van der Waals surface area contributed by atoms with Crippen molar-refractivity contribution in [2.24, 2.45) is 9.98 Å². The molecule has 2 heterocycles. The van der Waals surface area contributed by atoms with Gasteiger partial charge in [0, 0.05) is 25.3 Å². The summed E-state index contributed by atoms with van der Waals surface area (Å²) < 4.78 is 4.29. The molecule has 0 spiro atoms. The van der Waals surface area contributed by atoms with E-state index in [1.54, 1.807) is 0 Å². The summed E-state index contributed by atoms with van der Waals surface area (Å²) in [5, 5.41) is 5.91. The minimum absolute atomic E-state index is 0.354. The van der Waals surface area contributed by atoms with Crippen LogP contribution in [0.25, 0.3) is 32.9 Å². The van der Waals surface area contributed by atoms with E-state index in [9.17, 15) is 0 Å². The molecule has 1 atom stereocenters. The molecule has 7 rings (SSSR count). The van der Waals surface area contributed by atoms with Crippen LogP contribution < -0.4 is 5.32 Å². The van der Waals surface area contributed by atoms with Crippen molar-refractivity contribution in [2.45, 2.75) is 6.17 Å². The molecule has 1 aromatic heterocycles. The second kappa shape index (κ2) is 9.95. The molecule has 6 heteroatoms. The Morgan fingerprint density at radius 1 is 0.564 bits per heavy atom. The Hall–Kier alpha value is -4.00. The zero-order valence-electron chi connectivity index (χ0n) is 20.7. The minimum atomic E-state index is -0.354. The van der Waals surface area contributed by atoms with Crippen LogP contribution in [-0.4, -0.2) is 16.4 Å². The van der Waals surface area contributed by atoms with Gasteiger partial charge in [0.2, 0.25) is 5.96 Å². The third kappa shape index (κ3) is 4.50. The Morgan fingerprint density at radius 3 is 2.00 bits per heavy atom. The number of para-hydroxylation sites is 1. The molecular weight excluding hydrogens is 612 g/mol. The van der Waals surface area contributed by atoms with E-state index in [1.807, 2.05) is 36.4 Å². The van der Waals surface area contributed by atoms with E-state index in [4.69, 9.17) is 9.98 Å². The quantitative estimate of drug-likeness (QED) is 0.208. The summed E-state index contributed by atoms with van der Waals surface area (Å²) >= 11 is 7.27. The van der Waals surface area contributed by atoms with E-state index >= 15 is 0 Å². The van der Waals surface area contributed by atoms with Crippen molar-refractivity contribution in [2.75, 3.05) is 0 Å². The number of fused-ring (bicyclic) bond motifs is 3. The van der Waals surface area contributed by atoms with Crippen molar-refractivity contribution in [1.29, 1.82) is 0 Å². The van der Waals surface area contributed by atoms with E-state index in [0.717, 1.165) is 54.0 Å². The summed E-state index contributed by atoms with van der Waals surface area (Å²) in [6.45, 7) is 0. The topological polar surface area (TPSA) is 41.7 Å². The van der Waals surface area contributed by atoms with Crippen molar-refractivity contribution in [1.82, 2.24) is 9.88 Å². The van der Waals surface area contributed by atoms with Gasteiger partial charge in [-0.25, -0.2) is 9.98 Å². The van der Waals surface area contributed by atoms with Crippen molar-refractivity contribution >= 4 is 65.5 Å². The molecule has 6 aromatic rings. The van der Waals surface area contributed by atoms with Gasteiger partial charge >= 0.3 is 0 Å². The summed E-state index contributed by atoms with van der Waals surface area (Å²) in [4.78, 5) is 10.2. The van der Waals surface area contributed by atoms with E-state index in [-0.39, 0.29) is 6.17 Å². The Labute approximate surface area is 243 Å². The Morgan fingerprint density at radius 2 is 1.23 bits per heavy atom. The molecule has 0 radical (unpaired) electrons. The third-order valence-corrected chi connectivity index (χ3v) is 7.87. The first kappa shape index (κ1) is 24.1. The first-order chi connectivity index (χ1) is 19.1. The Balaban J connectivity index is 1.43. The average Bonchev–Trinajstić information content (AvgIpc) is 3.31.